The van der Waals surface area contributed by atoms with E-state index in [1.54, 1.807) is 0 Å². The molecule has 0 aliphatic heterocycles. The Kier molecular flexibility index (Phi) is 63.2. The van der Waals surface area contributed by atoms with Crippen molar-refractivity contribution in [1.29, 1.82) is 0 Å². The number of esters is 2. The lowest BCUT2D eigenvalue weighted by atomic mass is 10.0. The van der Waals surface area contributed by atoms with Crippen LogP contribution in [0.1, 0.15) is 309 Å². The van der Waals surface area contributed by atoms with Crippen LogP contribution in [0.4, 0.5) is 0 Å². The Morgan fingerprint density at radius 2 is 0.671 bits per heavy atom. The summed E-state index contributed by atoms with van der Waals surface area (Å²) in [7, 11) is 5.97. The first-order valence-corrected chi connectivity index (χ1v) is 35.4. The maximum absolute atomic E-state index is 12.9. The topological polar surface area (TPSA) is 108 Å². The lowest BCUT2D eigenvalue weighted by molar-refractivity contribution is -0.870. The van der Waals surface area contributed by atoms with E-state index in [1.165, 1.54) is 186 Å². The van der Waals surface area contributed by atoms with Crippen LogP contribution in [-0.4, -0.2) is 87.4 Å². The van der Waals surface area contributed by atoms with Gasteiger partial charge in [-0.25, -0.2) is 4.79 Å². The van der Waals surface area contributed by atoms with Gasteiger partial charge in [-0.3, -0.25) is 9.59 Å². The van der Waals surface area contributed by atoms with E-state index in [0.717, 1.165) is 89.9 Å². The Morgan fingerprint density at radius 3 is 1.00 bits per heavy atom. The highest BCUT2D eigenvalue weighted by Gasteiger charge is 2.25. The first-order valence-electron chi connectivity index (χ1n) is 35.4. The third-order valence-corrected chi connectivity index (χ3v) is 15.3. The molecule has 2 unspecified atom stereocenters. The molecule has 0 bridgehead atoms. The van der Waals surface area contributed by atoms with Crippen molar-refractivity contribution in [3.05, 3.63) is 97.2 Å². The molecule has 0 aromatic rings. The number of rotatable bonds is 65. The Labute approximate surface area is 524 Å². The van der Waals surface area contributed by atoms with Crippen LogP contribution in [0.3, 0.4) is 0 Å². The first kappa shape index (κ1) is 81.2. The average molecular weight is 1190 g/mol. The fourth-order valence-corrected chi connectivity index (χ4v) is 9.93. The molecule has 9 nitrogen and oxygen atoms in total. The standard InChI is InChI=1S/C76H133NO8/c1-6-8-10-12-14-16-18-20-22-24-26-28-30-32-34-35-36-37-38-39-41-42-44-46-48-50-52-54-56-58-60-62-64-66-73(78)83-70-72(71-84-76(75(80)81)82-69-68-77(3,4)5)85-74(79)67-65-63-61-59-57-55-53-51-49-47-45-43-40-33-31-29-27-25-23-21-19-17-15-13-11-9-7-2/h9,11,15,17-18,20-21,23-24,26-27,29,33,40,45,47,72,76H,6-8,10,12-14,16,19,22,25,28,30-32,34-39,41-44,46,48-71H2,1-5H3/p+1/b11-9-,17-15-,20-18-,23-21-,26-24-,29-27-,40-33-,47-45-. The predicted octanol–water partition coefficient (Wildman–Crippen LogP) is 22.0. The van der Waals surface area contributed by atoms with Crippen LogP contribution in [0.5, 0.6) is 0 Å². The van der Waals surface area contributed by atoms with E-state index in [2.05, 4.69) is 111 Å². The fourth-order valence-electron chi connectivity index (χ4n) is 9.93. The summed E-state index contributed by atoms with van der Waals surface area (Å²) < 4.78 is 23.0. The number of allylic oxidation sites excluding steroid dienone is 16. The minimum Gasteiger partial charge on any atom is -0.477 e. The molecule has 0 saturated heterocycles. The third kappa shape index (κ3) is 67.6. The number of nitrogens with zero attached hydrogens (tertiary/aromatic N) is 1. The number of aliphatic carboxylic acids is 1. The van der Waals surface area contributed by atoms with Gasteiger partial charge in [0.15, 0.2) is 6.10 Å². The third-order valence-electron chi connectivity index (χ3n) is 15.3. The van der Waals surface area contributed by atoms with Crippen LogP contribution >= 0.6 is 0 Å². The molecule has 0 spiro atoms. The van der Waals surface area contributed by atoms with Crippen LogP contribution in [0.2, 0.25) is 0 Å². The zero-order chi connectivity index (χ0) is 61.9. The van der Waals surface area contributed by atoms with Gasteiger partial charge in [-0.2, -0.15) is 0 Å². The van der Waals surface area contributed by atoms with Crippen molar-refractivity contribution in [2.24, 2.45) is 0 Å². The number of ether oxygens (including phenoxy) is 4. The fraction of sp³-hybridized carbons (Fsp3) is 0.750. The van der Waals surface area contributed by atoms with Gasteiger partial charge in [0.25, 0.3) is 6.29 Å². The second-order valence-corrected chi connectivity index (χ2v) is 24.8. The summed E-state index contributed by atoms with van der Waals surface area (Å²) in [6, 6.07) is 0. The summed E-state index contributed by atoms with van der Waals surface area (Å²) in [5, 5.41) is 9.75. The van der Waals surface area contributed by atoms with Crippen molar-refractivity contribution in [2.45, 2.75) is 322 Å². The summed E-state index contributed by atoms with van der Waals surface area (Å²) in [6.07, 6.45) is 88.1. The highest BCUT2D eigenvalue weighted by molar-refractivity contribution is 5.71. The minimum atomic E-state index is -1.52. The number of hydrogen-bond acceptors (Lipinski definition) is 7. The molecule has 0 heterocycles. The SMILES string of the molecule is CC/C=C\C/C=C\C/C=C\C/C=C\C/C=C\C/C=C\CCCCCCCCCCC(=O)OC(COC(=O)CCCCCCCCCCCCCCCCCCCCCCC/C=C\C/C=C\CCCCCCC)COC(OCC[N+](C)(C)C)C(=O)O. The molecule has 0 amide bonds. The molecule has 9 heteroatoms. The van der Waals surface area contributed by atoms with E-state index in [1.807, 2.05) is 21.1 Å². The van der Waals surface area contributed by atoms with Crippen molar-refractivity contribution in [3.8, 4) is 0 Å². The van der Waals surface area contributed by atoms with Gasteiger partial charge in [0.2, 0.25) is 0 Å². The van der Waals surface area contributed by atoms with Gasteiger partial charge in [0, 0.05) is 12.8 Å². The van der Waals surface area contributed by atoms with Crippen LogP contribution in [0, 0.1) is 0 Å². The largest absolute Gasteiger partial charge is 0.477 e. The lowest BCUT2D eigenvalue weighted by Gasteiger charge is -2.25. The summed E-state index contributed by atoms with van der Waals surface area (Å²) in [4.78, 5) is 37.6. The molecule has 490 valence electrons. The van der Waals surface area contributed by atoms with Gasteiger partial charge in [0.05, 0.1) is 34.4 Å². The Balaban J connectivity index is 4.11. The number of likely N-dealkylation sites (N-methyl/N-ethyl adjacent to an activating group) is 1. The molecule has 2 atom stereocenters. The second-order valence-electron chi connectivity index (χ2n) is 24.8. The number of unbranched alkanes of at least 4 members (excludes halogenated alkanes) is 34. The lowest BCUT2D eigenvalue weighted by Crippen LogP contribution is -2.40. The molecular weight excluding hydrogens is 1050 g/mol. The number of carboxylic acids is 1. The van der Waals surface area contributed by atoms with E-state index < -0.39 is 24.3 Å². The van der Waals surface area contributed by atoms with Crippen molar-refractivity contribution in [2.75, 3.05) is 47.5 Å². The van der Waals surface area contributed by atoms with E-state index in [-0.39, 0.29) is 32.2 Å². The van der Waals surface area contributed by atoms with Crippen LogP contribution < -0.4 is 0 Å². The zero-order valence-corrected chi connectivity index (χ0v) is 56.0. The number of hydrogen-bond donors (Lipinski definition) is 1. The Hall–Kier alpha value is -3.79. The Bertz CT molecular complexity index is 1720. The molecule has 1 N–H and O–H groups in total. The summed E-state index contributed by atoms with van der Waals surface area (Å²) in [5.74, 6) is -2.01. The van der Waals surface area contributed by atoms with Gasteiger partial charge in [0.1, 0.15) is 13.2 Å². The molecule has 0 aromatic heterocycles. The van der Waals surface area contributed by atoms with Gasteiger partial charge < -0.3 is 28.5 Å². The first-order chi connectivity index (χ1) is 41.6. The Morgan fingerprint density at radius 1 is 0.365 bits per heavy atom. The number of carboxylic acid groups (broad SMARTS) is 1. The maximum atomic E-state index is 12.9. The highest BCUT2D eigenvalue weighted by Crippen LogP contribution is 2.18. The zero-order valence-electron chi connectivity index (χ0n) is 56.0. The van der Waals surface area contributed by atoms with Gasteiger partial charge in [-0.15, -0.1) is 0 Å². The average Bonchev–Trinajstić information content (AvgIpc) is 3.48. The van der Waals surface area contributed by atoms with E-state index >= 15 is 0 Å². The van der Waals surface area contributed by atoms with Gasteiger partial charge >= 0.3 is 17.9 Å². The number of carbonyl (C=O) groups is 3. The molecule has 0 saturated carbocycles. The van der Waals surface area contributed by atoms with Crippen LogP contribution in [0.15, 0.2) is 97.2 Å². The van der Waals surface area contributed by atoms with Gasteiger partial charge in [-0.05, 0) is 96.3 Å². The van der Waals surface area contributed by atoms with Crippen molar-refractivity contribution < 1.29 is 42.9 Å². The van der Waals surface area contributed by atoms with Crippen molar-refractivity contribution in [3.63, 3.8) is 0 Å². The van der Waals surface area contributed by atoms with Crippen LogP contribution in [0.25, 0.3) is 0 Å². The van der Waals surface area contributed by atoms with E-state index in [4.69, 9.17) is 18.9 Å². The minimum absolute atomic E-state index is 0.183. The molecule has 0 aliphatic rings. The smallest absolute Gasteiger partial charge is 0.361 e. The molecule has 0 aromatic carbocycles. The highest BCUT2D eigenvalue weighted by atomic mass is 16.7. The normalized spacial score (nSPS) is 13.3. The van der Waals surface area contributed by atoms with E-state index in [0.29, 0.717) is 23.9 Å². The molecule has 0 radical (unpaired) electrons. The molecule has 0 rings (SSSR count). The number of carbonyl (C=O) groups excluding carboxylic acids is 2. The van der Waals surface area contributed by atoms with Crippen molar-refractivity contribution in [1.82, 2.24) is 0 Å². The second kappa shape index (κ2) is 66.2. The van der Waals surface area contributed by atoms with Crippen molar-refractivity contribution >= 4 is 17.9 Å². The molecule has 0 aliphatic carbocycles. The summed E-state index contributed by atoms with van der Waals surface area (Å²) >= 11 is 0. The van der Waals surface area contributed by atoms with E-state index in [9.17, 15) is 19.5 Å². The molecule has 85 heavy (non-hydrogen) atoms. The monoisotopic (exact) mass is 1190 g/mol. The predicted molar refractivity (Wildman–Crippen MR) is 364 cm³/mol. The summed E-state index contributed by atoms with van der Waals surface area (Å²) in [6.45, 7) is 4.77. The summed E-state index contributed by atoms with van der Waals surface area (Å²) in [5.41, 5.74) is 0. The number of quaternary nitrogens is 1. The maximum Gasteiger partial charge on any atom is 0.361 e. The quantitative estimate of drug-likeness (QED) is 0.0211. The van der Waals surface area contributed by atoms with Gasteiger partial charge in [-0.1, -0.05) is 297 Å². The molecule has 0 fully saturated rings. The molecular formula is C76H134NO8+. The van der Waals surface area contributed by atoms with Crippen LogP contribution in [-0.2, 0) is 33.3 Å².